The Morgan fingerprint density at radius 1 is 0.974 bits per heavy atom. The summed E-state index contributed by atoms with van der Waals surface area (Å²) in [6, 6.07) is 22.8. The fraction of sp³-hybridized carbons (Fsp3) is 0.100. The van der Waals surface area contributed by atoms with E-state index in [1.807, 2.05) is 49.4 Å². The molecule has 0 unspecified atom stereocenters. The number of carboxylic acid groups (broad SMARTS) is 1. The first-order valence-corrected chi connectivity index (χ1v) is 11.7. The Morgan fingerprint density at radius 3 is 2.32 bits per heavy atom. The number of oxazole rings is 1. The lowest BCUT2D eigenvalue weighted by Gasteiger charge is -2.20. The van der Waals surface area contributed by atoms with Crippen LogP contribution < -0.4 is 4.74 Å². The minimum absolute atomic E-state index is 0.0395. The van der Waals surface area contributed by atoms with Gasteiger partial charge in [-0.15, -0.1) is 5.73 Å². The van der Waals surface area contributed by atoms with Crippen LogP contribution in [0.1, 0.15) is 32.9 Å². The third kappa shape index (κ3) is 6.94. The van der Waals surface area contributed by atoms with Gasteiger partial charge in [-0.25, -0.2) is 9.78 Å². The highest BCUT2D eigenvalue weighted by Gasteiger charge is 2.19. The van der Waals surface area contributed by atoms with Crippen LogP contribution in [0.5, 0.6) is 5.75 Å². The molecule has 190 valence electrons. The number of carbonyl (C=O) groups is 3. The molecule has 1 N–H and O–H groups in total. The second-order valence-electron chi connectivity index (χ2n) is 8.33. The van der Waals surface area contributed by atoms with Crippen molar-refractivity contribution in [1.29, 1.82) is 0 Å². The molecule has 1 heterocycles. The smallest absolute Gasteiger partial charge is 0.416 e. The molecule has 4 aromatic rings. The summed E-state index contributed by atoms with van der Waals surface area (Å²) in [5.41, 5.74) is 6.70. The lowest BCUT2D eigenvalue weighted by Crippen LogP contribution is -2.37. The summed E-state index contributed by atoms with van der Waals surface area (Å²) < 4.78 is 11.0. The predicted octanol–water partition coefficient (Wildman–Crippen LogP) is 5.87. The largest absolute Gasteiger partial charge is 0.480 e. The van der Waals surface area contributed by atoms with Crippen LogP contribution in [0.25, 0.3) is 23.6 Å². The van der Waals surface area contributed by atoms with E-state index in [1.54, 1.807) is 24.3 Å². The summed E-state index contributed by atoms with van der Waals surface area (Å²) >= 11 is 0. The molecule has 3 aromatic carbocycles. The summed E-state index contributed by atoms with van der Waals surface area (Å²) in [5.74, 6) is 0.274. The Kier molecular flexibility index (Phi) is 8.28. The average molecular weight is 509 g/mol. The van der Waals surface area contributed by atoms with E-state index in [1.165, 1.54) is 24.3 Å². The minimum Gasteiger partial charge on any atom is -0.480 e. The first kappa shape index (κ1) is 25.9. The maximum Gasteiger partial charge on any atom is 0.416 e. The zero-order valence-electron chi connectivity index (χ0n) is 20.5. The van der Waals surface area contributed by atoms with Crippen LogP contribution in [0.15, 0.2) is 89.0 Å². The summed E-state index contributed by atoms with van der Waals surface area (Å²) in [6.07, 6.45) is 3.39. The molecule has 0 bridgehead atoms. The molecule has 0 spiro atoms. The first-order chi connectivity index (χ1) is 18.4. The SMILES string of the molecule is Cc1oc(-c2ccccc2)nc1C=C=Cc1ccc(CN(CC(=O)O)C(=O)Oc2ccc(C=O)cc2)cc1. The van der Waals surface area contributed by atoms with E-state index in [4.69, 9.17) is 9.15 Å². The van der Waals surface area contributed by atoms with E-state index in [0.717, 1.165) is 21.6 Å². The van der Waals surface area contributed by atoms with Crippen molar-refractivity contribution in [2.24, 2.45) is 0 Å². The van der Waals surface area contributed by atoms with Crippen molar-refractivity contribution >= 4 is 30.5 Å². The van der Waals surface area contributed by atoms with Crippen LogP contribution in [-0.4, -0.2) is 39.9 Å². The highest BCUT2D eigenvalue weighted by Crippen LogP contribution is 2.22. The molecule has 0 atom stereocenters. The molecule has 8 nitrogen and oxygen atoms in total. The fourth-order valence-corrected chi connectivity index (χ4v) is 3.53. The maximum atomic E-state index is 12.6. The van der Waals surface area contributed by atoms with Crippen molar-refractivity contribution in [3.05, 3.63) is 113 Å². The van der Waals surface area contributed by atoms with Gasteiger partial charge < -0.3 is 14.3 Å². The number of benzene rings is 3. The van der Waals surface area contributed by atoms with Gasteiger partial charge in [0, 0.05) is 23.7 Å². The molecular formula is C30H24N2O6. The van der Waals surface area contributed by atoms with E-state index in [-0.39, 0.29) is 12.3 Å². The quantitative estimate of drug-likeness (QED) is 0.222. The summed E-state index contributed by atoms with van der Waals surface area (Å²) in [6.45, 7) is 1.35. The predicted molar refractivity (Wildman–Crippen MR) is 141 cm³/mol. The third-order valence-electron chi connectivity index (χ3n) is 5.48. The van der Waals surface area contributed by atoms with Gasteiger partial charge in [0.05, 0.1) is 0 Å². The molecule has 0 saturated heterocycles. The first-order valence-electron chi connectivity index (χ1n) is 11.7. The highest BCUT2D eigenvalue weighted by molar-refractivity contribution is 5.79. The number of aryl methyl sites for hydroxylation is 1. The number of aliphatic carboxylic acids is 1. The van der Waals surface area contributed by atoms with Crippen LogP contribution in [-0.2, 0) is 11.3 Å². The number of aromatic nitrogens is 1. The molecular weight excluding hydrogens is 484 g/mol. The Bertz CT molecular complexity index is 1480. The van der Waals surface area contributed by atoms with E-state index in [2.05, 4.69) is 10.7 Å². The van der Waals surface area contributed by atoms with Gasteiger partial charge in [-0.2, -0.15) is 0 Å². The van der Waals surface area contributed by atoms with Crippen LogP contribution in [0, 0.1) is 6.92 Å². The molecule has 0 fully saturated rings. The Balaban J connectivity index is 1.42. The summed E-state index contributed by atoms with van der Waals surface area (Å²) in [5, 5.41) is 9.25. The number of nitrogens with zero attached hydrogens (tertiary/aromatic N) is 2. The maximum absolute atomic E-state index is 12.6. The van der Waals surface area contributed by atoms with Gasteiger partial charge in [0.2, 0.25) is 5.89 Å². The number of hydrogen-bond donors (Lipinski definition) is 1. The lowest BCUT2D eigenvalue weighted by atomic mass is 10.1. The van der Waals surface area contributed by atoms with Crippen LogP contribution in [0.3, 0.4) is 0 Å². The molecule has 8 heteroatoms. The van der Waals surface area contributed by atoms with Gasteiger partial charge >= 0.3 is 12.1 Å². The lowest BCUT2D eigenvalue weighted by molar-refractivity contribution is -0.138. The molecule has 0 aliphatic rings. The van der Waals surface area contributed by atoms with Crippen LogP contribution >= 0.6 is 0 Å². The number of carboxylic acids is 1. The van der Waals surface area contributed by atoms with Gasteiger partial charge in [0.15, 0.2) is 0 Å². The zero-order valence-corrected chi connectivity index (χ0v) is 20.5. The summed E-state index contributed by atoms with van der Waals surface area (Å²) in [7, 11) is 0. The Morgan fingerprint density at radius 2 is 1.66 bits per heavy atom. The van der Waals surface area contributed by atoms with E-state index in [0.29, 0.717) is 29.2 Å². The van der Waals surface area contributed by atoms with E-state index < -0.39 is 18.6 Å². The molecule has 0 saturated carbocycles. The molecule has 38 heavy (non-hydrogen) atoms. The molecule has 0 aliphatic heterocycles. The third-order valence-corrected chi connectivity index (χ3v) is 5.48. The normalized spacial score (nSPS) is 10.2. The molecule has 0 radical (unpaired) electrons. The molecule has 1 amide bonds. The Labute approximate surface area is 219 Å². The van der Waals surface area contributed by atoms with Gasteiger partial charge in [0.1, 0.15) is 30.0 Å². The number of hydrogen-bond acceptors (Lipinski definition) is 6. The van der Waals surface area contributed by atoms with Crippen LogP contribution in [0.2, 0.25) is 0 Å². The number of aldehydes is 1. The second kappa shape index (κ2) is 12.2. The number of carbonyl (C=O) groups excluding carboxylic acids is 2. The number of rotatable bonds is 9. The van der Waals surface area contributed by atoms with E-state index in [9.17, 15) is 19.5 Å². The van der Waals surface area contributed by atoms with Crippen molar-refractivity contribution in [2.75, 3.05) is 6.54 Å². The summed E-state index contributed by atoms with van der Waals surface area (Å²) in [4.78, 5) is 40.3. The monoisotopic (exact) mass is 508 g/mol. The number of ether oxygens (including phenoxy) is 1. The van der Waals surface area contributed by atoms with E-state index >= 15 is 0 Å². The highest BCUT2D eigenvalue weighted by atomic mass is 16.6. The fourth-order valence-electron chi connectivity index (χ4n) is 3.53. The topological polar surface area (TPSA) is 110 Å². The van der Waals surface area contributed by atoms with Gasteiger partial charge in [0.25, 0.3) is 0 Å². The second-order valence-corrected chi connectivity index (χ2v) is 8.33. The van der Waals surface area contributed by atoms with Gasteiger partial charge in [-0.3, -0.25) is 14.5 Å². The average Bonchev–Trinajstić information content (AvgIpc) is 3.30. The van der Waals surface area contributed by atoms with Crippen molar-refractivity contribution in [3.8, 4) is 17.2 Å². The van der Waals surface area contributed by atoms with Crippen molar-refractivity contribution < 1.29 is 28.6 Å². The molecule has 0 aliphatic carbocycles. The van der Waals surface area contributed by atoms with Crippen molar-refractivity contribution in [3.63, 3.8) is 0 Å². The molecule has 1 aromatic heterocycles. The number of amides is 1. The van der Waals surface area contributed by atoms with Crippen molar-refractivity contribution in [1.82, 2.24) is 9.88 Å². The molecule has 4 rings (SSSR count). The van der Waals surface area contributed by atoms with Crippen molar-refractivity contribution in [2.45, 2.75) is 13.5 Å². The van der Waals surface area contributed by atoms with Crippen LogP contribution in [0.4, 0.5) is 4.79 Å². The zero-order chi connectivity index (χ0) is 26.9. The van der Waals surface area contributed by atoms with Gasteiger partial charge in [-0.1, -0.05) is 42.5 Å². The standard InChI is InChI=1S/C30H24N2O6/c1-21-27(31-29(37-21)25-7-3-2-4-8-25)9-5-6-22-10-12-23(13-11-22)18-32(19-28(34)35)30(36)38-26-16-14-24(20-33)15-17-26/h2-4,6-17,20H,18-19H2,1H3,(H,34,35). The van der Waals surface area contributed by atoms with Gasteiger partial charge in [-0.05, 0) is 60.5 Å². The Hall–Kier alpha value is -5.20. The minimum atomic E-state index is -1.17.